The highest BCUT2D eigenvalue weighted by molar-refractivity contribution is 14.0. The molecule has 6 nitrogen and oxygen atoms in total. The number of nitrogens with one attached hydrogen (secondary N) is 2. The number of hydrogen-bond donors (Lipinski definition) is 3. The molecule has 2 aromatic rings. The van der Waals surface area contributed by atoms with Crippen molar-refractivity contribution in [3.8, 4) is 5.75 Å². The molecule has 0 radical (unpaired) electrons. The van der Waals surface area contributed by atoms with Gasteiger partial charge in [0.15, 0.2) is 5.96 Å². The van der Waals surface area contributed by atoms with Gasteiger partial charge in [-0.1, -0.05) is 23.7 Å². The molecule has 8 heteroatoms. The van der Waals surface area contributed by atoms with Crippen molar-refractivity contribution in [2.24, 2.45) is 10.7 Å². The fraction of sp³-hybridized carbons (Fsp3) is 0.222. The number of aliphatic imine (C=N–C) groups is 1. The molecule has 26 heavy (non-hydrogen) atoms. The van der Waals surface area contributed by atoms with Gasteiger partial charge in [0.1, 0.15) is 5.75 Å². The number of carbonyl (C=O) groups is 1. The van der Waals surface area contributed by atoms with Crippen LogP contribution in [-0.2, 0) is 6.42 Å². The molecule has 2 aromatic carbocycles. The molecular formula is C18H22ClIN4O2. The van der Waals surface area contributed by atoms with Crippen molar-refractivity contribution in [3.63, 3.8) is 0 Å². The lowest BCUT2D eigenvalue weighted by atomic mass is 10.1. The van der Waals surface area contributed by atoms with Crippen molar-refractivity contribution in [2.45, 2.75) is 6.42 Å². The van der Waals surface area contributed by atoms with Gasteiger partial charge >= 0.3 is 0 Å². The minimum absolute atomic E-state index is 0. The van der Waals surface area contributed by atoms with Crippen LogP contribution in [0.15, 0.2) is 47.5 Å². The fourth-order valence-corrected chi connectivity index (χ4v) is 2.51. The summed E-state index contributed by atoms with van der Waals surface area (Å²) in [5.74, 6) is 0.783. The molecule has 0 aliphatic heterocycles. The highest BCUT2D eigenvalue weighted by Crippen LogP contribution is 2.26. The molecule has 0 saturated heterocycles. The maximum Gasteiger partial charge on any atom is 0.251 e. The third kappa shape index (κ3) is 6.38. The van der Waals surface area contributed by atoms with Crippen LogP contribution in [0.2, 0.25) is 5.02 Å². The van der Waals surface area contributed by atoms with Crippen molar-refractivity contribution in [1.82, 2.24) is 5.32 Å². The van der Waals surface area contributed by atoms with Gasteiger partial charge in [-0.25, -0.2) is 0 Å². The van der Waals surface area contributed by atoms with Gasteiger partial charge < -0.3 is 21.1 Å². The molecule has 1 amide bonds. The monoisotopic (exact) mass is 488 g/mol. The number of amides is 1. The molecule has 0 spiro atoms. The number of nitrogens with zero attached hydrogens (tertiary/aromatic N) is 1. The average Bonchev–Trinajstić information content (AvgIpc) is 2.61. The topological polar surface area (TPSA) is 88.7 Å². The normalized spacial score (nSPS) is 10.7. The van der Waals surface area contributed by atoms with Gasteiger partial charge in [-0.15, -0.1) is 24.0 Å². The van der Waals surface area contributed by atoms with Crippen LogP contribution in [0.25, 0.3) is 0 Å². The Morgan fingerprint density at radius 1 is 1.27 bits per heavy atom. The number of halogens is 2. The summed E-state index contributed by atoms with van der Waals surface area (Å²) in [6.07, 6.45) is 0.677. The largest absolute Gasteiger partial charge is 0.495 e. The van der Waals surface area contributed by atoms with E-state index in [0.29, 0.717) is 35.3 Å². The summed E-state index contributed by atoms with van der Waals surface area (Å²) in [5.41, 5.74) is 8.27. The molecule has 0 heterocycles. The van der Waals surface area contributed by atoms with Crippen LogP contribution in [0.5, 0.6) is 5.75 Å². The molecule has 0 aliphatic rings. The SMILES string of the molecule is CNC(=O)c1cccc(CCN=C(N)Nc2ccc(OC)c(Cl)c2)c1.I. The summed E-state index contributed by atoms with van der Waals surface area (Å²) in [7, 11) is 3.17. The number of nitrogens with two attached hydrogens (primary N) is 1. The molecule has 0 bridgehead atoms. The second-order valence-corrected chi connectivity index (χ2v) is 5.68. The number of carbonyl (C=O) groups excluding carboxylic acids is 1. The second-order valence-electron chi connectivity index (χ2n) is 5.27. The lowest BCUT2D eigenvalue weighted by Gasteiger charge is -2.08. The predicted octanol–water partition coefficient (Wildman–Crippen LogP) is 3.30. The number of anilines is 1. The molecule has 0 fully saturated rings. The van der Waals surface area contributed by atoms with E-state index in [2.05, 4.69) is 15.6 Å². The molecule has 0 atom stereocenters. The first-order valence-electron chi connectivity index (χ1n) is 7.75. The standard InChI is InChI=1S/C18H21ClN4O2.HI/c1-21-17(24)13-5-3-4-12(10-13)8-9-22-18(20)23-14-6-7-16(25-2)15(19)11-14;/h3-7,10-11H,8-9H2,1-2H3,(H,21,24)(H3,20,22,23);1H. The number of ether oxygens (including phenoxy) is 1. The quantitative estimate of drug-likeness (QED) is 0.331. The number of guanidine groups is 1. The van der Waals surface area contributed by atoms with Crippen LogP contribution in [0.1, 0.15) is 15.9 Å². The molecule has 4 N–H and O–H groups in total. The van der Waals surface area contributed by atoms with Gasteiger partial charge in [0.05, 0.1) is 12.1 Å². The molecule has 0 unspecified atom stereocenters. The number of hydrogen-bond acceptors (Lipinski definition) is 3. The van der Waals surface area contributed by atoms with Crippen LogP contribution < -0.4 is 21.1 Å². The first-order chi connectivity index (χ1) is 12.0. The van der Waals surface area contributed by atoms with Gasteiger partial charge in [0, 0.05) is 24.8 Å². The summed E-state index contributed by atoms with van der Waals surface area (Å²) in [5, 5.41) is 6.08. The lowest BCUT2D eigenvalue weighted by molar-refractivity contribution is 0.0963. The zero-order valence-corrected chi connectivity index (χ0v) is 17.7. The predicted molar refractivity (Wildman–Crippen MR) is 117 cm³/mol. The van der Waals surface area contributed by atoms with E-state index in [-0.39, 0.29) is 29.9 Å². The van der Waals surface area contributed by atoms with Gasteiger partial charge in [0.25, 0.3) is 5.91 Å². The van der Waals surface area contributed by atoms with E-state index in [4.69, 9.17) is 22.1 Å². The molecular weight excluding hydrogens is 467 g/mol. The van der Waals surface area contributed by atoms with Gasteiger partial charge in [-0.2, -0.15) is 0 Å². The van der Waals surface area contributed by atoms with Crippen molar-refractivity contribution < 1.29 is 9.53 Å². The van der Waals surface area contributed by atoms with E-state index >= 15 is 0 Å². The molecule has 140 valence electrons. The van der Waals surface area contributed by atoms with Crippen LogP contribution in [0.3, 0.4) is 0 Å². The number of rotatable bonds is 6. The lowest BCUT2D eigenvalue weighted by Crippen LogP contribution is -2.23. The van der Waals surface area contributed by atoms with Crippen LogP contribution in [-0.4, -0.2) is 32.6 Å². The van der Waals surface area contributed by atoms with Gasteiger partial charge in [0.2, 0.25) is 0 Å². The minimum Gasteiger partial charge on any atom is -0.495 e. The zero-order valence-electron chi connectivity index (χ0n) is 14.6. The average molecular weight is 489 g/mol. The smallest absolute Gasteiger partial charge is 0.251 e. The summed E-state index contributed by atoms with van der Waals surface area (Å²) < 4.78 is 5.10. The van der Waals surface area contributed by atoms with Gasteiger partial charge in [-0.05, 0) is 42.3 Å². The van der Waals surface area contributed by atoms with Crippen LogP contribution in [0, 0.1) is 0 Å². The Morgan fingerprint density at radius 3 is 2.69 bits per heavy atom. The fourth-order valence-electron chi connectivity index (χ4n) is 2.25. The maximum absolute atomic E-state index is 11.6. The van der Waals surface area contributed by atoms with Crippen molar-refractivity contribution in [3.05, 3.63) is 58.6 Å². The van der Waals surface area contributed by atoms with Crippen molar-refractivity contribution >= 4 is 53.1 Å². The highest BCUT2D eigenvalue weighted by Gasteiger charge is 2.04. The first kappa shape index (κ1) is 22.0. The third-order valence-electron chi connectivity index (χ3n) is 3.52. The van der Waals surface area contributed by atoms with E-state index in [1.165, 1.54) is 0 Å². The second kappa shape index (κ2) is 10.9. The maximum atomic E-state index is 11.6. The summed E-state index contributed by atoms with van der Waals surface area (Å²) in [6.45, 7) is 0.500. The van der Waals surface area contributed by atoms with Crippen molar-refractivity contribution in [2.75, 3.05) is 26.0 Å². The molecule has 0 saturated carbocycles. The van der Waals surface area contributed by atoms with E-state index in [1.54, 1.807) is 38.4 Å². The van der Waals surface area contributed by atoms with E-state index in [0.717, 1.165) is 11.3 Å². The van der Waals surface area contributed by atoms with E-state index in [1.807, 2.05) is 18.2 Å². The van der Waals surface area contributed by atoms with Crippen LogP contribution in [0.4, 0.5) is 5.69 Å². The van der Waals surface area contributed by atoms with E-state index < -0.39 is 0 Å². The van der Waals surface area contributed by atoms with Crippen molar-refractivity contribution in [1.29, 1.82) is 0 Å². The summed E-state index contributed by atoms with van der Waals surface area (Å²) >= 11 is 6.07. The Hall–Kier alpha value is -2.00. The van der Waals surface area contributed by atoms with Gasteiger partial charge in [-0.3, -0.25) is 9.79 Å². The molecule has 2 rings (SSSR count). The van der Waals surface area contributed by atoms with E-state index in [9.17, 15) is 4.79 Å². The highest BCUT2D eigenvalue weighted by atomic mass is 127. The van der Waals surface area contributed by atoms with Crippen LogP contribution >= 0.6 is 35.6 Å². The summed E-state index contributed by atoms with van der Waals surface area (Å²) in [4.78, 5) is 15.9. The Kier molecular flexibility index (Phi) is 9.22. The Labute approximate surface area is 175 Å². The summed E-state index contributed by atoms with van der Waals surface area (Å²) in [6, 6.07) is 12.7. The molecule has 0 aliphatic carbocycles. The number of benzene rings is 2. The first-order valence-corrected chi connectivity index (χ1v) is 8.12. The Morgan fingerprint density at radius 2 is 2.04 bits per heavy atom. The third-order valence-corrected chi connectivity index (χ3v) is 3.82. The minimum atomic E-state index is -0.108. The zero-order chi connectivity index (χ0) is 18.2. The Bertz CT molecular complexity index is 784. The molecule has 0 aromatic heterocycles. The Balaban J connectivity index is 0.00000338. The number of methoxy groups -OCH3 is 1.